The molecule has 0 spiro atoms. The molecule has 2 heterocycles. The number of benzene rings is 2. The van der Waals surface area contributed by atoms with Crippen molar-refractivity contribution in [3.63, 3.8) is 0 Å². The summed E-state index contributed by atoms with van der Waals surface area (Å²) in [6.07, 6.45) is 5.92. The fourth-order valence-corrected chi connectivity index (χ4v) is 3.51. The lowest BCUT2D eigenvalue weighted by atomic mass is 10.1. The number of hydrogen-bond acceptors (Lipinski definition) is 2. The Morgan fingerprint density at radius 1 is 0.960 bits per heavy atom. The van der Waals surface area contributed by atoms with Crippen molar-refractivity contribution < 1.29 is 9.59 Å². The van der Waals surface area contributed by atoms with Crippen LogP contribution in [0.25, 0.3) is 6.08 Å². The molecule has 2 aliphatic heterocycles. The Labute approximate surface area is 147 Å². The van der Waals surface area contributed by atoms with Crippen LogP contribution in [-0.2, 0) is 16.0 Å². The molecule has 126 valence electrons. The number of rotatable bonds is 3. The molecule has 0 aliphatic carbocycles. The van der Waals surface area contributed by atoms with Crippen LogP contribution in [0.15, 0.2) is 54.6 Å². The molecule has 4 rings (SSSR count). The Bertz CT molecular complexity index is 839. The number of carbonyl (C=O) groups excluding carboxylic acids is 2. The summed E-state index contributed by atoms with van der Waals surface area (Å²) in [5.41, 5.74) is 4.12. The molecule has 0 bridgehead atoms. The largest absolute Gasteiger partial charge is 0.312 e. The predicted octanol–water partition coefficient (Wildman–Crippen LogP) is 3.42. The van der Waals surface area contributed by atoms with Gasteiger partial charge in [-0.2, -0.15) is 0 Å². The second-order valence-electron chi connectivity index (χ2n) is 6.44. The highest BCUT2D eigenvalue weighted by Gasteiger charge is 2.23. The molecule has 4 nitrogen and oxygen atoms in total. The molecule has 0 aromatic heterocycles. The van der Waals surface area contributed by atoms with Crippen LogP contribution in [0.3, 0.4) is 0 Å². The number of para-hydroxylation sites is 1. The molecule has 0 atom stereocenters. The van der Waals surface area contributed by atoms with E-state index in [0.717, 1.165) is 42.9 Å². The van der Waals surface area contributed by atoms with E-state index < -0.39 is 0 Å². The number of fused-ring (bicyclic) bond motifs is 1. The molecule has 2 amide bonds. The van der Waals surface area contributed by atoms with Crippen LogP contribution in [0, 0.1) is 0 Å². The quantitative estimate of drug-likeness (QED) is 0.808. The summed E-state index contributed by atoms with van der Waals surface area (Å²) in [6, 6.07) is 15.8. The van der Waals surface area contributed by atoms with Gasteiger partial charge >= 0.3 is 0 Å². The van der Waals surface area contributed by atoms with Gasteiger partial charge in [-0.15, -0.1) is 0 Å². The zero-order valence-corrected chi connectivity index (χ0v) is 14.0. The normalized spacial score (nSPS) is 16.7. The molecule has 0 N–H and O–H groups in total. The average Bonchev–Trinajstić information content (AvgIpc) is 3.26. The van der Waals surface area contributed by atoms with Gasteiger partial charge in [0.2, 0.25) is 5.91 Å². The third kappa shape index (κ3) is 3.07. The number of anilines is 2. The molecule has 0 radical (unpaired) electrons. The minimum absolute atomic E-state index is 0.00347. The van der Waals surface area contributed by atoms with Gasteiger partial charge in [-0.25, -0.2) is 0 Å². The van der Waals surface area contributed by atoms with Gasteiger partial charge in [-0.1, -0.05) is 30.3 Å². The molecule has 2 aromatic carbocycles. The van der Waals surface area contributed by atoms with Gasteiger partial charge in [0, 0.05) is 37.0 Å². The Balaban J connectivity index is 1.45. The zero-order valence-electron chi connectivity index (χ0n) is 14.0. The van der Waals surface area contributed by atoms with Crippen molar-refractivity contribution in [3.05, 3.63) is 65.7 Å². The van der Waals surface area contributed by atoms with Gasteiger partial charge in [0.15, 0.2) is 0 Å². The van der Waals surface area contributed by atoms with Crippen molar-refractivity contribution in [1.29, 1.82) is 0 Å². The van der Waals surface area contributed by atoms with Crippen molar-refractivity contribution >= 4 is 29.3 Å². The summed E-state index contributed by atoms with van der Waals surface area (Å²) < 4.78 is 0. The summed E-state index contributed by atoms with van der Waals surface area (Å²) >= 11 is 0. The predicted molar refractivity (Wildman–Crippen MR) is 99.6 cm³/mol. The fourth-order valence-electron chi connectivity index (χ4n) is 3.51. The summed E-state index contributed by atoms with van der Waals surface area (Å²) in [6.45, 7) is 1.53. The Hall–Kier alpha value is -2.88. The third-order valence-corrected chi connectivity index (χ3v) is 4.85. The molecule has 0 saturated carbocycles. The standard InChI is InChI=1S/C21H20N2O2/c24-20-6-3-14-22(20)18-10-7-16(8-11-18)9-12-21(25)23-15-13-17-4-1-2-5-19(17)23/h1-2,4-5,7-12H,3,6,13-15H2/b12-9+. The van der Waals surface area contributed by atoms with E-state index in [9.17, 15) is 9.59 Å². The number of amides is 2. The lowest BCUT2D eigenvalue weighted by Crippen LogP contribution is -2.26. The molecule has 4 heteroatoms. The van der Waals surface area contributed by atoms with Gasteiger partial charge in [0.05, 0.1) is 0 Å². The third-order valence-electron chi connectivity index (χ3n) is 4.85. The van der Waals surface area contributed by atoms with Gasteiger partial charge in [0.25, 0.3) is 5.91 Å². The maximum absolute atomic E-state index is 12.5. The van der Waals surface area contributed by atoms with E-state index in [1.54, 1.807) is 6.08 Å². The molecule has 2 aliphatic rings. The van der Waals surface area contributed by atoms with E-state index in [0.29, 0.717) is 6.42 Å². The first-order chi connectivity index (χ1) is 12.2. The van der Waals surface area contributed by atoms with Crippen molar-refractivity contribution in [2.75, 3.05) is 22.9 Å². The number of carbonyl (C=O) groups is 2. The summed E-state index contributed by atoms with van der Waals surface area (Å²) in [5, 5.41) is 0. The van der Waals surface area contributed by atoms with E-state index in [-0.39, 0.29) is 11.8 Å². The topological polar surface area (TPSA) is 40.6 Å². The smallest absolute Gasteiger partial charge is 0.251 e. The van der Waals surface area contributed by atoms with Crippen LogP contribution in [-0.4, -0.2) is 24.9 Å². The molecule has 1 fully saturated rings. The Morgan fingerprint density at radius 3 is 2.52 bits per heavy atom. The van der Waals surface area contributed by atoms with Crippen LogP contribution in [0.5, 0.6) is 0 Å². The minimum Gasteiger partial charge on any atom is -0.312 e. The van der Waals surface area contributed by atoms with Gasteiger partial charge in [-0.3, -0.25) is 9.59 Å². The van der Waals surface area contributed by atoms with E-state index in [4.69, 9.17) is 0 Å². The monoisotopic (exact) mass is 332 g/mol. The van der Waals surface area contributed by atoms with Crippen LogP contribution in [0.4, 0.5) is 11.4 Å². The number of hydrogen-bond donors (Lipinski definition) is 0. The summed E-state index contributed by atoms with van der Waals surface area (Å²) in [7, 11) is 0. The van der Waals surface area contributed by atoms with Crippen molar-refractivity contribution in [3.8, 4) is 0 Å². The van der Waals surface area contributed by atoms with E-state index >= 15 is 0 Å². The fraction of sp³-hybridized carbons (Fsp3) is 0.238. The second kappa shape index (κ2) is 6.55. The molecular formula is C21H20N2O2. The lowest BCUT2D eigenvalue weighted by molar-refractivity contribution is -0.117. The number of nitrogens with zero attached hydrogens (tertiary/aromatic N) is 2. The van der Waals surface area contributed by atoms with E-state index in [2.05, 4.69) is 6.07 Å². The van der Waals surface area contributed by atoms with Crippen molar-refractivity contribution in [1.82, 2.24) is 0 Å². The zero-order chi connectivity index (χ0) is 17.2. The summed E-state index contributed by atoms with van der Waals surface area (Å²) in [5.74, 6) is 0.190. The molecule has 1 saturated heterocycles. The highest BCUT2D eigenvalue weighted by atomic mass is 16.2. The molecule has 2 aromatic rings. The Kier molecular flexibility index (Phi) is 4.10. The highest BCUT2D eigenvalue weighted by molar-refractivity contribution is 6.05. The van der Waals surface area contributed by atoms with Gasteiger partial charge in [-0.05, 0) is 48.2 Å². The van der Waals surface area contributed by atoms with E-state index in [1.165, 1.54) is 5.56 Å². The maximum atomic E-state index is 12.5. The van der Waals surface area contributed by atoms with Crippen molar-refractivity contribution in [2.45, 2.75) is 19.3 Å². The van der Waals surface area contributed by atoms with Crippen LogP contribution < -0.4 is 9.80 Å². The first-order valence-corrected chi connectivity index (χ1v) is 8.70. The Morgan fingerprint density at radius 2 is 1.76 bits per heavy atom. The first-order valence-electron chi connectivity index (χ1n) is 8.70. The van der Waals surface area contributed by atoms with E-state index in [1.807, 2.05) is 58.3 Å². The van der Waals surface area contributed by atoms with Gasteiger partial charge in [0.1, 0.15) is 0 Å². The van der Waals surface area contributed by atoms with Crippen LogP contribution >= 0.6 is 0 Å². The average molecular weight is 332 g/mol. The highest BCUT2D eigenvalue weighted by Crippen LogP contribution is 2.27. The molecular weight excluding hydrogens is 312 g/mol. The second-order valence-corrected chi connectivity index (χ2v) is 6.44. The SMILES string of the molecule is O=C1CCCN1c1ccc(/C=C/C(=O)N2CCc3ccccc32)cc1. The molecule has 25 heavy (non-hydrogen) atoms. The van der Waals surface area contributed by atoms with Crippen LogP contribution in [0.1, 0.15) is 24.0 Å². The maximum Gasteiger partial charge on any atom is 0.251 e. The van der Waals surface area contributed by atoms with Crippen molar-refractivity contribution in [2.24, 2.45) is 0 Å². The first kappa shape index (κ1) is 15.6. The minimum atomic E-state index is 0.00347. The van der Waals surface area contributed by atoms with Crippen LogP contribution in [0.2, 0.25) is 0 Å². The van der Waals surface area contributed by atoms with Gasteiger partial charge < -0.3 is 9.80 Å². The molecule has 0 unspecified atom stereocenters. The summed E-state index contributed by atoms with van der Waals surface area (Å²) in [4.78, 5) is 27.9. The lowest BCUT2D eigenvalue weighted by Gasteiger charge is -2.16.